The number of urea groups is 1. The van der Waals surface area contributed by atoms with Crippen LogP contribution in [0.5, 0.6) is 0 Å². The second kappa shape index (κ2) is 7.23. The van der Waals surface area contributed by atoms with Gasteiger partial charge < -0.3 is 15.7 Å². The minimum absolute atomic E-state index is 0.0247. The van der Waals surface area contributed by atoms with Gasteiger partial charge >= 0.3 is 6.03 Å². The lowest BCUT2D eigenvalue weighted by molar-refractivity contribution is 0.208. The molecular formula is C16H21FN4O2. The number of benzene rings is 1. The van der Waals surface area contributed by atoms with Gasteiger partial charge in [0.1, 0.15) is 5.82 Å². The number of hydrogen-bond acceptors (Lipinski definition) is 3. The molecule has 23 heavy (non-hydrogen) atoms. The van der Waals surface area contributed by atoms with Crippen LogP contribution in [-0.2, 0) is 0 Å². The fraction of sp³-hybridized carbons (Fsp3) is 0.375. The van der Waals surface area contributed by atoms with Crippen molar-refractivity contribution >= 4 is 11.7 Å². The first-order valence-electron chi connectivity index (χ1n) is 7.47. The maximum atomic E-state index is 13.5. The second-order valence-corrected chi connectivity index (χ2v) is 5.58. The van der Waals surface area contributed by atoms with Crippen molar-refractivity contribution in [2.24, 2.45) is 0 Å². The van der Waals surface area contributed by atoms with Gasteiger partial charge in [-0.15, -0.1) is 0 Å². The summed E-state index contributed by atoms with van der Waals surface area (Å²) in [6, 6.07) is 5.38. The molecule has 2 aromatic rings. The minimum atomic E-state index is -0.530. The molecule has 1 unspecified atom stereocenters. The number of amides is 2. The van der Waals surface area contributed by atoms with Crippen LogP contribution in [0.4, 0.5) is 14.9 Å². The number of carbonyl (C=O) groups excluding carboxylic acids is 1. The summed E-state index contributed by atoms with van der Waals surface area (Å²) in [5.41, 5.74) is 0.346. The molecule has 0 saturated carbocycles. The number of anilines is 1. The van der Waals surface area contributed by atoms with Crippen molar-refractivity contribution in [2.45, 2.75) is 32.2 Å². The van der Waals surface area contributed by atoms with E-state index in [0.717, 1.165) is 0 Å². The Kier molecular flexibility index (Phi) is 5.33. The van der Waals surface area contributed by atoms with Crippen LogP contribution in [0.25, 0.3) is 5.69 Å². The number of hydrogen-bond donors (Lipinski definition) is 3. The normalized spacial score (nSPS) is 13.4. The van der Waals surface area contributed by atoms with Gasteiger partial charge in [-0.2, -0.15) is 5.10 Å². The van der Waals surface area contributed by atoms with Gasteiger partial charge in [-0.1, -0.05) is 6.92 Å². The first-order valence-corrected chi connectivity index (χ1v) is 7.47. The standard InChI is InChI=1S/C16H21FN4O2/c1-3-16(2,7-10-22)20-15(23)19-13-11-12(17)5-6-14(13)21-9-4-8-18-21/h4-6,8-9,11,22H,3,7,10H2,1-2H3,(H2,19,20,23). The summed E-state index contributed by atoms with van der Waals surface area (Å²) in [5.74, 6) is -0.454. The summed E-state index contributed by atoms with van der Waals surface area (Å²) in [4.78, 5) is 12.2. The number of aromatic nitrogens is 2. The summed E-state index contributed by atoms with van der Waals surface area (Å²) in [5, 5.41) is 18.7. The molecule has 2 rings (SSSR count). The highest BCUT2D eigenvalue weighted by Gasteiger charge is 2.24. The maximum absolute atomic E-state index is 13.5. The highest BCUT2D eigenvalue weighted by atomic mass is 19.1. The highest BCUT2D eigenvalue weighted by molar-refractivity contribution is 5.92. The summed E-state index contributed by atoms with van der Waals surface area (Å²) >= 11 is 0. The van der Waals surface area contributed by atoms with E-state index in [2.05, 4.69) is 15.7 Å². The van der Waals surface area contributed by atoms with E-state index >= 15 is 0 Å². The number of nitrogens with zero attached hydrogens (tertiary/aromatic N) is 2. The molecule has 0 aliphatic rings. The Hall–Kier alpha value is -2.41. The molecule has 2 amide bonds. The molecule has 0 radical (unpaired) electrons. The Bertz CT molecular complexity index is 660. The lowest BCUT2D eigenvalue weighted by Crippen LogP contribution is -2.48. The third-order valence-corrected chi connectivity index (χ3v) is 3.82. The van der Waals surface area contributed by atoms with Crippen LogP contribution in [0.1, 0.15) is 26.7 Å². The van der Waals surface area contributed by atoms with Crippen molar-refractivity contribution in [2.75, 3.05) is 11.9 Å². The smallest absolute Gasteiger partial charge is 0.319 e. The van der Waals surface area contributed by atoms with Crippen LogP contribution in [0.3, 0.4) is 0 Å². The van der Waals surface area contributed by atoms with Gasteiger partial charge in [0, 0.05) is 24.5 Å². The summed E-state index contributed by atoms with van der Waals surface area (Å²) in [6.45, 7) is 3.75. The molecule has 0 saturated heterocycles. The molecule has 6 nitrogen and oxygen atoms in total. The molecule has 0 aliphatic heterocycles. The minimum Gasteiger partial charge on any atom is -0.396 e. The number of nitrogens with one attached hydrogen (secondary N) is 2. The lowest BCUT2D eigenvalue weighted by atomic mass is 9.95. The Labute approximate surface area is 134 Å². The third kappa shape index (κ3) is 4.29. The predicted octanol–water partition coefficient (Wildman–Crippen LogP) is 2.68. The molecule has 3 N–H and O–H groups in total. The number of aliphatic hydroxyl groups is 1. The topological polar surface area (TPSA) is 79.2 Å². The van der Waals surface area contributed by atoms with Crippen LogP contribution in [0.2, 0.25) is 0 Å². The van der Waals surface area contributed by atoms with Gasteiger partial charge in [0.15, 0.2) is 0 Å². The molecule has 0 bridgehead atoms. The van der Waals surface area contributed by atoms with Crippen LogP contribution in [0.15, 0.2) is 36.7 Å². The van der Waals surface area contributed by atoms with E-state index in [4.69, 9.17) is 5.11 Å². The largest absolute Gasteiger partial charge is 0.396 e. The van der Waals surface area contributed by atoms with E-state index in [1.165, 1.54) is 12.1 Å². The molecule has 1 aromatic heterocycles. The van der Waals surface area contributed by atoms with E-state index in [0.29, 0.717) is 24.2 Å². The van der Waals surface area contributed by atoms with Crippen molar-refractivity contribution in [1.82, 2.24) is 15.1 Å². The Morgan fingerprint density at radius 1 is 1.48 bits per heavy atom. The maximum Gasteiger partial charge on any atom is 0.319 e. The van der Waals surface area contributed by atoms with Crippen LogP contribution >= 0.6 is 0 Å². The monoisotopic (exact) mass is 320 g/mol. The highest BCUT2D eigenvalue weighted by Crippen LogP contribution is 2.21. The number of rotatable bonds is 6. The number of carbonyl (C=O) groups is 1. The van der Waals surface area contributed by atoms with Crippen molar-refractivity contribution in [1.29, 1.82) is 0 Å². The van der Waals surface area contributed by atoms with E-state index < -0.39 is 17.4 Å². The van der Waals surface area contributed by atoms with Gasteiger partial charge in [-0.25, -0.2) is 13.9 Å². The zero-order chi connectivity index (χ0) is 16.9. The Morgan fingerprint density at radius 2 is 2.26 bits per heavy atom. The molecule has 0 spiro atoms. The van der Waals surface area contributed by atoms with Gasteiger partial charge in [0.2, 0.25) is 0 Å². The van der Waals surface area contributed by atoms with Gasteiger partial charge in [0.05, 0.1) is 11.4 Å². The zero-order valence-corrected chi connectivity index (χ0v) is 13.2. The van der Waals surface area contributed by atoms with Gasteiger partial charge in [0.25, 0.3) is 0 Å². The molecule has 0 aliphatic carbocycles. The van der Waals surface area contributed by atoms with E-state index in [1.54, 1.807) is 29.2 Å². The molecular weight excluding hydrogens is 299 g/mol. The van der Waals surface area contributed by atoms with Crippen LogP contribution in [0, 0.1) is 5.82 Å². The fourth-order valence-electron chi connectivity index (χ4n) is 2.22. The zero-order valence-electron chi connectivity index (χ0n) is 13.2. The van der Waals surface area contributed by atoms with Crippen molar-refractivity contribution in [3.05, 3.63) is 42.5 Å². The molecule has 0 fully saturated rings. The number of halogens is 1. The van der Waals surface area contributed by atoms with E-state index in [1.807, 2.05) is 13.8 Å². The SMILES string of the molecule is CCC(C)(CCO)NC(=O)Nc1cc(F)ccc1-n1cccn1. The molecule has 1 heterocycles. The number of aliphatic hydroxyl groups excluding tert-OH is 1. The Morgan fingerprint density at radius 3 is 2.87 bits per heavy atom. The first-order chi connectivity index (χ1) is 11.0. The Balaban J connectivity index is 2.19. The average Bonchev–Trinajstić information content (AvgIpc) is 3.01. The molecule has 1 atom stereocenters. The predicted molar refractivity (Wildman–Crippen MR) is 86.1 cm³/mol. The first kappa shape index (κ1) is 17.0. The van der Waals surface area contributed by atoms with Crippen molar-refractivity contribution in [3.8, 4) is 5.69 Å². The van der Waals surface area contributed by atoms with Crippen molar-refractivity contribution in [3.63, 3.8) is 0 Å². The van der Waals surface area contributed by atoms with Crippen LogP contribution in [-0.4, -0.2) is 33.1 Å². The third-order valence-electron chi connectivity index (χ3n) is 3.82. The summed E-state index contributed by atoms with van der Waals surface area (Å²) in [6.07, 6.45) is 4.41. The summed E-state index contributed by atoms with van der Waals surface area (Å²) in [7, 11) is 0. The van der Waals surface area contributed by atoms with Gasteiger partial charge in [-0.05, 0) is 44.0 Å². The lowest BCUT2D eigenvalue weighted by Gasteiger charge is -2.29. The molecule has 7 heteroatoms. The van der Waals surface area contributed by atoms with E-state index in [-0.39, 0.29) is 6.61 Å². The van der Waals surface area contributed by atoms with E-state index in [9.17, 15) is 9.18 Å². The van der Waals surface area contributed by atoms with Gasteiger partial charge in [-0.3, -0.25) is 0 Å². The second-order valence-electron chi connectivity index (χ2n) is 5.58. The van der Waals surface area contributed by atoms with Crippen molar-refractivity contribution < 1.29 is 14.3 Å². The average molecular weight is 320 g/mol. The van der Waals surface area contributed by atoms with Crippen LogP contribution < -0.4 is 10.6 Å². The summed E-state index contributed by atoms with van der Waals surface area (Å²) < 4.78 is 15.1. The molecule has 1 aromatic carbocycles. The fourth-order valence-corrected chi connectivity index (χ4v) is 2.22. The molecule has 124 valence electrons. The quantitative estimate of drug-likeness (QED) is 0.765.